The molecule has 0 saturated carbocycles. The number of aromatic nitrogens is 1. The van der Waals surface area contributed by atoms with Crippen LogP contribution in [0.3, 0.4) is 0 Å². The highest BCUT2D eigenvalue weighted by Crippen LogP contribution is 2.37. The minimum Gasteiger partial charge on any atom is -0.314 e. The van der Waals surface area contributed by atoms with E-state index in [1.54, 1.807) is 12.1 Å². The second-order valence-corrected chi connectivity index (χ2v) is 6.83. The molecule has 0 spiro atoms. The Morgan fingerprint density at radius 1 is 1.04 bits per heavy atom. The molecule has 2 N–H and O–H groups in total. The highest BCUT2D eigenvalue weighted by atomic mass is 19.1. The molecule has 4 rings (SSSR count). The zero-order valence-corrected chi connectivity index (χ0v) is 14.3. The number of piperazine rings is 1. The molecule has 0 amide bonds. The molecule has 1 aromatic heterocycles. The third kappa shape index (κ3) is 2.92. The van der Waals surface area contributed by atoms with Gasteiger partial charge in [-0.2, -0.15) is 0 Å². The van der Waals surface area contributed by atoms with E-state index in [0.29, 0.717) is 0 Å². The molecule has 2 aromatic carbocycles. The normalized spacial score (nSPS) is 20.3. The molecule has 2 heterocycles. The lowest BCUT2D eigenvalue weighted by Gasteiger charge is -2.42. The Bertz CT molecular complexity index is 889. The molecule has 0 bridgehead atoms. The fourth-order valence-corrected chi connectivity index (χ4v) is 3.83. The van der Waals surface area contributed by atoms with Crippen molar-refractivity contribution in [3.8, 4) is 0 Å². The van der Waals surface area contributed by atoms with Gasteiger partial charge in [0.2, 0.25) is 0 Å². The summed E-state index contributed by atoms with van der Waals surface area (Å²) in [6.07, 6.45) is 1.81. The maximum absolute atomic E-state index is 14.0. The largest absolute Gasteiger partial charge is 0.314 e. The zero-order chi connectivity index (χ0) is 17.3. The van der Waals surface area contributed by atoms with Crippen LogP contribution in [0.2, 0.25) is 0 Å². The van der Waals surface area contributed by atoms with Crippen molar-refractivity contribution in [2.24, 2.45) is 0 Å². The van der Waals surface area contributed by atoms with Gasteiger partial charge >= 0.3 is 0 Å². The van der Waals surface area contributed by atoms with Crippen molar-refractivity contribution in [3.63, 3.8) is 0 Å². The van der Waals surface area contributed by atoms with Gasteiger partial charge in [0.05, 0.1) is 5.52 Å². The first-order valence-electron chi connectivity index (χ1n) is 8.73. The maximum atomic E-state index is 14.0. The van der Waals surface area contributed by atoms with Crippen LogP contribution in [0.25, 0.3) is 10.9 Å². The minimum absolute atomic E-state index is 0.171. The van der Waals surface area contributed by atoms with E-state index in [0.717, 1.165) is 41.7 Å². The molecule has 1 fully saturated rings. The van der Waals surface area contributed by atoms with Crippen molar-refractivity contribution < 1.29 is 4.39 Å². The number of nitrogens with zero attached hydrogens (tertiary/aromatic N) is 1. The van der Waals surface area contributed by atoms with Crippen molar-refractivity contribution in [2.45, 2.75) is 18.4 Å². The van der Waals surface area contributed by atoms with Gasteiger partial charge in [0.25, 0.3) is 0 Å². The van der Waals surface area contributed by atoms with Gasteiger partial charge in [0.15, 0.2) is 0 Å². The predicted octanol–water partition coefficient (Wildman–Crippen LogP) is 3.24. The van der Waals surface area contributed by atoms with E-state index in [-0.39, 0.29) is 17.3 Å². The number of benzene rings is 2. The monoisotopic (exact) mass is 335 g/mol. The average Bonchev–Trinajstić information content (AvgIpc) is 2.67. The third-order valence-corrected chi connectivity index (χ3v) is 5.37. The maximum Gasteiger partial charge on any atom is 0.123 e. The van der Waals surface area contributed by atoms with Crippen LogP contribution >= 0.6 is 0 Å². The second kappa shape index (κ2) is 6.54. The van der Waals surface area contributed by atoms with Crippen LogP contribution in [0.1, 0.15) is 18.1 Å². The van der Waals surface area contributed by atoms with Gasteiger partial charge in [-0.15, -0.1) is 0 Å². The first-order valence-corrected chi connectivity index (χ1v) is 8.73. The van der Waals surface area contributed by atoms with Crippen molar-refractivity contribution >= 4 is 10.9 Å². The summed E-state index contributed by atoms with van der Waals surface area (Å²) >= 11 is 0. The third-order valence-electron chi connectivity index (χ3n) is 5.37. The van der Waals surface area contributed by atoms with Crippen molar-refractivity contribution in [1.29, 1.82) is 0 Å². The molecule has 1 aliphatic heterocycles. The summed E-state index contributed by atoms with van der Waals surface area (Å²) in [5.74, 6) is -0.202. The number of halogens is 1. The summed E-state index contributed by atoms with van der Waals surface area (Å²) in [4.78, 5) is 4.50. The summed E-state index contributed by atoms with van der Waals surface area (Å²) in [6.45, 7) is 4.89. The fraction of sp³-hybridized carbons (Fsp3) is 0.286. The molecule has 25 heavy (non-hydrogen) atoms. The average molecular weight is 335 g/mol. The van der Waals surface area contributed by atoms with Crippen LogP contribution < -0.4 is 10.6 Å². The van der Waals surface area contributed by atoms with Crippen molar-refractivity contribution in [2.75, 3.05) is 19.6 Å². The topological polar surface area (TPSA) is 37.0 Å². The molecule has 0 aliphatic carbocycles. The molecular weight excluding hydrogens is 313 g/mol. The van der Waals surface area contributed by atoms with E-state index in [4.69, 9.17) is 0 Å². The highest BCUT2D eigenvalue weighted by Gasteiger charge is 2.38. The van der Waals surface area contributed by atoms with Crippen molar-refractivity contribution in [1.82, 2.24) is 15.6 Å². The zero-order valence-electron chi connectivity index (χ0n) is 14.3. The Hall–Kier alpha value is -2.30. The predicted molar refractivity (Wildman–Crippen MR) is 99.3 cm³/mol. The molecule has 4 heteroatoms. The Balaban J connectivity index is 1.89. The first kappa shape index (κ1) is 16.2. The molecule has 2 atom stereocenters. The van der Waals surface area contributed by atoms with E-state index >= 15 is 0 Å². The van der Waals surface area contributed by atoms with Crippen LogP contribution in [0, 0.1) is 5.82 Å². The number of pyridine rings is 1. The minimum atomic E-state index is -0.360. The number of rotatable bonds is 3. The van der Waals surface area contributed by atoms with Gasteiger partial charge in [-0.1, -0.05) is 30.3 Å². The number of nitrogens with one attached hydrogen (secondary N) is 2. The van der Waals surface area contributed by atoms with Gasteiger partial charge in [-0.25, -0.2) is 4.39 Å². The Kier molecular flexibility index (Phi) is 4.24. The fourth-order valence-electron chi connectivity index (χ4n) is 3.83. The SMILES string of the molecule is CC(c1cccc(F)c1)(c1ccc2cccnc2c1)C1CNCCN1. The first-order chi connectivity index (χ1) is 12.2. The molecule has 3 aromatic rings. The van der Waals surface area contributed by atoms with E-state index in [9.17, 15) is 4.39 Å². The summed E-state index contributed by atoms with van der Waals surface area (Å²) in [6, 6.07) is 17.5. The lowest BCUT2D eigenvalue weighted by molar-refractivity contribution is 0.316. The smallest absolute Gasteiger partial charge is 0.123 e. The summed E-state index contributed by atoms with van der Waals surface area (Å²) in [5.41, 5.74) is 2.72. The van der Waals surface area contributed by atoms with Crippen molar-refractivity contribution in [3.05, 3.63) is 77.7 Å². The van der Waals surface area contributed by atoms with Crippen LogP contribution in [-0.2, 0) is 5.41 Å². The van der Waals surface area contributed by atoms with E-state index in [1.807, 2.05) is 18.3 Å². The van der Waals surface area contributed by atoms with Crippen LogP contribution in [0.5, 0.6) is 0 Å². The van der Waals surface area contributed by atoms with Gasteiger partial charge in [-0.3, -0.25) is 4.98 Å². The number of hydrogen-bond donors (Lipinski definition) is 2. The Morgan fingerprint density at radius 3 is 2.72 bits per heavy atom. The van der Waals surface area contributed by atoms with Crippen LogP contribution in [-0.4, -0.2) is 30.7 Å². The number of fused-ring (bicyclic) bond motifs is 1. The molecule has 128 valence electrons. The van der Waals surface area contributed by atoms with Gasteiger partial charge in [-0.05, 0) is 42.3 Å². The van der Waals surface area contributed by atoms with E-state index in [1.165, 1.54) is 6.07 Å². The van der Waals surface area contributed by atoms with Gasteiger partial charge < -0.3 is 10.6 Å². The molecule has 1 saturated heterocycles. The Morgan fingerprint density at radius 2 is 1.92 bits per heavy atom. The lowest BCUT2D eigenvalue weighted by atomic mass is 9.70. The van der Waals surface area contributed by atoms with Crippen LogP contribution in [0.15, 0.2) is 60.8 Å². The summed E-state index contributed by atoms with van der Waals surface area (Å²) in [7, 11) is 0. The molecular formula is C21H22FN3. The molecule has 1 aliphatic rings. The quantitative estimate of drug-likeness (QED) is 0.771. The highest BCUT2D eigenvalue weighted by molar-refractivity contribution is 5.79. The second-order valence-electron chi connectivity index (χ2n) is 6.83. The Labute approximate surface area is 147 Å². The van der Waals surface area contributed by atoms with Crippen LogP contribution in [0.4, 0.5) is 4.39 Å². The number of hydrogen-bond acceptors (Lipinski definition) is 3. The molecule has 3 nitrogen and oxygen atoms in total. The summed E-state index contributed by atoms with van der Waals surface area (Å²) in [5, 5.41) is 8.19. The standard InChI is InChI=1S/C21H22FN3/c1-21(20-14-23-10-11-25-20,16-5-2-6-18(22)12-16)17-8-7-15-4-3-9-24-19(15)13-17/h2-9,12-13,20,23,25H,10-11,14H2,1H3. The van der Waals surface area contributed by atoms with E-state index < -0.39 is 0 Å². The molecule has 0 radical (unpaired) electrons. The van der Waals surface area contributed by atoms with Gasteiger partial charge in [0.1, 0.15) is 5.82 Å². The van der Waals surface area contributed by atoms with Gasteiger partial charge in [0, 0.05) is 42.7 Å². The lowest BCUT2D eigenvalue weighted by Crippen LogP contribution is -2.58. The molecule has 2 unspecified atom stereocenters. The van der Waals surface area contributed by atoms with E-state index in [2.05, 4.69) is 46.8 Å². The summed E-state index contributed by atoms with van der Waals surface area (Å²) < 4.78 is 14.0.